The van der Waals surface area contributed by atoms with E-state index in [2.05, 4.69) is 13.8 Å². The molecule has 1 saturated heterocycles. The number of rotatable bonds is 2. The molecule has 0 aromatic rings. The first-order valence-corrected chi connectivity index (χ1v) is 11.1. The fourth-order valence-electron chi connectivity index (χ4n) is 6.38. The van der Waals surface area contributed by atoms with Crippen LogP contribution in [0, 0.1) is 28.6 Å². The zero-order chi connectivity index (χ0) is 18.2. The van der Waals surface area contributed by atoms with Gasteiger partial charge in [-0.3, -0.25) is 4.79 Å². The molecule has 3 fully saturated rings. The maximum atomic E-state index is 13.3. The topological polar surface area (TPSA) is 74.7 Å². The van der Waals surface area contributed by atoms with E-state index in [0.29, 0.717) is 18.8 Å². The highest BCUT2D eigenvalue weighted by Gasteiger charge is 2.72. The van der Waals surface area contributed by atoms with Crippen LogP contribution < -0.4 is 0 Å². The van der Waals surface area contributed by atoms with Crippen molar-refractivity contribution in [3.8, 4) is 0 Å². The lowest BCUT2D eigenvalue weighted by Crippen LogP contribution is -2.47. The molecular weight excluding hydrogens is 338 g/mol. The van der Waals surface area contributed by atoms with Gasteiger partial charge in [-0.25, -0.2) is 12.7 Å². The smallest absolute Gasteiger partial charge is 0.240 e. The Balaban J connectivity index is 1.67. The van der Waals surface area contributed by atoms with Crippen LogP contribution in [0.2, 0.25) is 0 Å². The molecule has 5 atom stereocenters. The van der Waals surface area contributed by atoms with E-state index >= 15 is 0 Å². The largest absolute Gasteiger partial charge is 0.392 e. The number of aliphatic hydroxyl groups is 1. The third-order valence-electron chi connectivity index (χ3n) is 8.08. The number of hydrogen-bond acceptors (Lipinski definition) is 4. The summed E-state index contributed by atoms with van der Waals surface area (Å²) >= 11 is 0. The van der Waals surface area contributed by atoms with Gasteiger partial charge >= 0.3 is 0 Å². The van der Waals surface area contributed by atoms with E-state index in [-0.39, 0.29) is 47.0 Å². The first-order valence-electron chi connectivity index (χ1n) is 9.49. The molecule has 5 nitrogen and oxygen atoms in total. The van der Waals surface area contributed by atoms with Crippen molar-refractivity contribution >= 4 is 15.9 Å². The van der Waals surface area contributed by atoms with Gasteiger partial charge in [-0.2, -0.15) is 0 Å². The number of amides is 1. The second kappa shape index (κ2) is 5.32. The van der Waals surface area contributed by atoms with Crippen molar-refractivity contribution < 1.29 is 18.3 Å². The lowest BCUT2D eigenvalue weighted by molar-refractivity contribution is -0.135. The Morgan fingerprint density at radius 3 is 2.72 bits per heavy atom. The van der Waals surface area contributed by atoms with Gasteiger partial charge in [0.15, 0.2) is 0 Å². The third-order valence-corrected chi connectivity index (χ3v) is 9.99. The molecule has 4 rings (SSSR count). The minimum atomic E-state index is -3.54. The van der Waals surface area contributed by atoms with Crippen LogP contribution in [0.1, 0.15) is 52.9 Å². The molecule has 140 valence electrons. The molecule has 1 N–H and O–H groups in total. The molecule has 1 amide bonds. The maximum absolute atomic E-state index is 13.3. The molecular formula is C19H29NO4S. The summed E-state index contributed by atoms with van der Waals surface area (Å²) < 4.78 is 27.3. The lowest BCUT2D eigenvalue weighted by atomic mass is 9.69. The van der Waals surface area contributed by atoms with Gasteiger partial charge in [-0.15, -0.1) is 0 Å². The van der Waals surface area contributed by atoms with Gasteiger partial charge in [0, 0.05) is 11.3 Å². The number of hydrogen-bond donors (Lipinski definition) is 1. The van der Waals surface area contributed by atoms with Crippen LogP contribution in [0.4, 0.5) is 0 Å². The summed E-state index contributed by atoms with van der Waals surface area (Å²) in [6.07, 6.45) is 5.97. The molecule has 0 radical (unpaired) electrons. The number of carbonyl (C=O) groups excluding carboxylic acids is 1. The van der Waals surface area contributed by atoms with Gasteiger partial charge in [0.25, 0.3) is 0 Å². The number of sulfonamides is 1. The molecule has 3 aliphatic carbocycles. The van der Waals surface area contributed by atoms with Crippen molar-refractivity contribution in [2.24, 2.45) is 28.6 Å². The van der Waals surface area contributed by atoms with Gasteiger partial charge in [0.2, 0.25) is 15.9 Å². The van der Waals surface area contributed by atoms with E-state index in [9.17, 15) is 18.3 Å². The summed E-state index contributed by atoms with van der Waals surface area (Å²) in [7, 11) is -3.54. The summed E-state index contributed by atoms with van der Waals surface area (Å²) in [5, 5.41) is 9.32. The molecule has 0 unspecified atom stereocenters. The Morgan fingerprint density at radius 2 is 2.12 bits per heavy atom. The van der Waals surface area contributed by atoms with Gasteiger partial charge in [0.1, 0.15) is 0 Å². The number of allylic oxidation sites excluding steroid dienone is 1. The van der Waals surface area contributed by atoms with E-state index in [4.69, 9.17) is 0 Å². The molecule has 25 heavy (non-hydrogen) atoms. The van der Waals surface area contributed by atoms with Crippen LogP contribution in [0.3, 0.4) is 0 Å². The predicted molar refractivity (Wildman–Crippen MR) is 95.0 cm³/mol. The standard InChI is InChI=1S/C19H29NO4S/c1-12-8-13(10-21)4-5-15(12)17(22)20-16-9-14-6-7-19(16,18(14,2)3)11-25(20,23)24/h4,12,14-16,21H,5-11H2,1-3H3/t12-,14+,15-,16-,19-/m0/s1. The van der Waals surface area contributed by atoms with E-state index < -0.39 is 10.0 Å². The van der Waals surface area contributed by atoms with Crippen molar-refractivity contribution in [3.63, 3.8) is 0 Å². The Bertz CT molecular complexity index is 741. The van der Waals surface area contributed by atoms with E-state index in [1.807, 2.05) is 13.0 Å². The zero-order valence-electron chi connectivity index (χ0n) is 15.4. The second-order valence-electron chi connectivity index (χ2n) is 9.30. The summed E-state index contributed by atoms with van der Waals surface area (Å²) in [5.41, 5.74) is 0.691. The first kappa shape index (κ1) is 17.5. The summed E-state index contributed by atoms with van der Waals surface area (Å²) in [4.78, 5) is 13.3. The van der Waals surface area contributed by atoms with Gasteiger partial charge in [-0.1, -0.05) is 26.8 Å². The highest BCUT2D eigenvalue weighted by atomic mass is 32.2. The number of aliphatic hydroxyl groups excluding tert-OH is 1. The molecule has 1 heterocycles. The molecule has 4 aliphatic rings. The summed E-state index contributed by atoms with van der Waals surface area (Å²) in [5.74, 6) is 0.234. The molecule has 0 aromatic carbocycles. The summed E-state index contributed by atoms with van der Waals surface area (Å²) in [6, 6.07) is -0.144. The highest BCUT2D eigenvalue weighted by molar-refractivity contribution is 7.90. The van der Waals surface area contributed by atoms with Crippen LogP contribution >= 0.6 is 0 Å². The quantitative estimate of drug-likeness (QED) is 0.760. The van der Waals surface area contributed by atoms with Crippen molar-refractivity contribution in [1.29, 1.82) is 0 Å². The number of nitrogens with zero attached hydrogens (tertiary/aromatic N) is 1. The van der Waals surface area contributed by atoms with Crippen molar-refractivity contribution in [1.82, 2.24) is 4.31 Å². The van der Waals surface area contributed by atoms with E-state index in [0.717, 1.165) is 24.8 Å². The molecule has 2 saturated carbocycles. The number of fused-ring (bicyclic) bond motifs is 1. The highest BCUT2D eigenvalue weighted by Crippen LogP contribution is 2.70. The Morgan fingerprint density at radius 1 is 1.40 bits per heavy atom. The lowest BCUT2D eigenvalue weighted by Gasteiger charge is -2.38. The normalized spacial score (nSPS) is 43.8. The van der Waals surface area contributed by atoms with Crippen LogP contribution in [0.15, 0.2) is 11.6 Å². The van der Waals surface area contributed by atoms with Gasteiger partial charge in [-0.05, 0) is 54.9 Å². The predicted octanol–water partition coefficient (Wildman–Crippen LogP) is 2.32. The Kier molecular flexibility index (Phi) is 3.73. The SMILES string of the molecule is C[C@H]1CC(CO)=CC[C@@H]1C(=O)N1[C@H]2C[C@H]3CC[C@@]2(CS1(=O)=O)C3(C)C. The second-order valence-corrected chi connectivity index (χ2v) is 11.1. The van der Waals surface area contributed by atoms with E-state index in [1.54, 1.807) is 0 Å². The average molecular weight is 368 g/mol. The fourth-order valence-corrected chi connectivity index (χ4v) is 8.96. The number of carbonyl (C=O) groups is 1. The fraction of sp³-hybridized carbons (Fsp3) is 0.842. The van der Waals surface area contributed by atoms with Crippen LogP contribution in [-0.2, 0) is 14.8 Å². The van der Waals surface area contributed by atoms with Crippen molar-refractivity contribution in [3.05, 3.63) is 11.6 Å². The van der Waals surface area contributed by atoms with E-state index in [1.165, 1.54) is 4.31 Å². The Labute approximate surface area is 150 Å². The molecule has 1 aliphatic heterocycles. The monoisotopic (exact) mass is 367 g/mol. The third kappa shape index (κ3) is 2.16. The maximum Gasteiger partial charge on any atom is 0.240 e. The van der Waals surface area contributed by atoms with Crippen LogP contribution in [0.5, 0.6) is 0 Å². The molecule has 2 bridgehead atoms. The van der Waals surface area contributed by atoms with Crippen molar-refractivity contribution in [2.45, 2.75) is 58.9 Å². The minimum absolute atomic E-state index is 0.0120. The molecule has 0 aromatic heterocycles. The first-order chi connectivity index (χ1) is 11.6. The van der Waals surface area contributed by atoms with Crippen LogP contribution in [-0.4, -0.2) is 42.1 Å². The molecule has 6 heteroatoms. The zero-order valence-corrected chi connectivity index (χ0v) is 16.2. The average Bonchev–Trinajstić information content (AvgIpc) is 3.01. The van der Waals surface area contributed by atoms with Crippen LogP contribution in [0.25, 0.3) is 0 Å². The summed E-state index contributed by atoms with van der Waals surface area (Å²) in [6.45, 7) is 6.42. The van der Waals surface area contributed by atoms with Gasteiger partial charge < -0.3 is 5.11 Å². The van der Waals surface area contributed by atoms with Gasteiger partial charge in [0.05, 0.1) is 18.4 Å². The minimum Gasteiger partial charge on any atom is -0.392 e. The molecule has 1 spiro atoms. The van der Waals surface area contributed by atoms with Crippen molar-refractivity contribution in [2.75, 3.05) is 12.4 Å². The Hall–Kier alpha value is -0.880.